The van der Waals surface area contributed by atoms with Crippen molar-refractivity contribution >= 4 is 71.7 Å². The zero-order chi connectivity index (χ0) is 40.8. The van der Waals surface area contributed by atoms with E-state index in [1.165, 1.54) is 55.3 Å². The molecule has 3 heteroatoms. The molecule has 0 N–H and O–H groups in total. The molecule has 2 aromatic heterocycles. The first-order valence-corrected chi connectivity index (χ1v) is 21.3. The van der Waals surface area contributed by atoms with Crippen LogP contribution in [-0.4, -0.2) is 0 Å². The smallest absolute Gasteiger partial charge is 0.144 e. The largest absolute Gasteiger partial charge is 0.456 e. The van der Waals surface area contributed by atoms with E-state index >= 15 is 0 Å². The summed E-state index contributed by atoms with van der Waals surface area (Å²) in [5.41, 5.74) is 19.1. The van der Waals surface area contributed by atoms with E-state index in [4.69, 9.17) is 8.83 Å². The van der Waals surface area contributed by atoms with Crippen molar-refractivity contribution in [3.63, 3.8) is 0 Å². The molecule has 290 valence electrons. The number of hydrogen-bond acceptors (Lipinski definition) is 3. The summed E-state index contributed by atoms with van der Waals surface area (Å²) in [7, 11) is 0. The maximum Gasteiger partial charge on any atom is 0.144 e. The van der Waals surface area contributed by atoms with Crippen LogP contribution in [0.5, 0.6) is 0 Å². The monoisotopic (exact) mass is 783 g/mol. The highest BCUT2D eigenvalue weighted by Gasteiger charge is 2.37. The Bertz CT molecular complexity index is 3670. The Kier molecular flexibility index (Phi) is 6.85. The molecule has 0 aliphatic heterocycles. The topological polar surface area (TPSA) is 29.5 Å². The summed E-state index contributed by atoms with van der Waals surface area (Å²) in [5.74, 6) is 0. The molecular weight excluding hydrogens is 743 g/mol. The second-order valence-corrected chi connectivity index (χ2v) is 18.1. The molecule has 3 nitrogen and oxygen atoms in total. The quantitative estimate of drug-likeness (QED) is 0.178. The van der Waals surface area contributed by atoms with Gasteiger partial charge < -0.3 is 13.7 Å². The summed E-state index contributed by atoms with van der Waals surface area (Å²) >= 11 is 0. The minimum atomic E-state index is -0.154. The third-order valence-electron chi connectivity index (χ3n) is 14.0. The molecule has 61 heavy (non-hydrogen) atoms. The van der Waals surface area contributed by atoms with Gasteiger partial charge in [-0.3, -0.25) is 0 Å². The van der Waals surface area contributed by atoms with Crippen molar-refractivity contribution in [2.24, 2.45) is 0 Å². The second kappa shape index (κ2) is 12.1. The maximum atomic E-state index is 7.21. The Labute approximate surface area is 354 Å². The van der Waals surface area contributed by atoms with Crippen LogP contribution >= 0.6 is 0 Å². The van der Waals surface area contributed by atoms with Gasteiger partial charge in [0.15, 0.2) is 0 Å². The van der Waals surface area contributed by atoms with Gasteiger partial charge in [0.25, 0.3) is 0 Å². The lowest BCUT2D eigenvalue weighted by molar-refractivity contribution is 0.660. The number of furan rings is 2. The van der Waals surface area contributed by atoms with Crippen LogP contribution in [0.2, 0.25) is 0 Å². The Morgan fingerprint density at radius 1 is 0.393 bits per heavy atom. The minimum absolute atomic E-state index is 0.152. The predicted molar refractivity (Wildman–Crippen MR) is 254 cm³/mol. The standard InChI is InChI=1S/C58H41NO2/c1-57(2)45-19-10-7-16-39(45)41-28-25-36(31-47(41)57)53-55-43-18-9-12-22-50(43)60-52(55)33-44-54-49(21-13-23-51(54)61-56(44)53)59(37-26-24-34-14-5-6-15-35(34)30-37)38-27-29-42-40-17-8-11-20-46(40)58(3,4)48(42)32-38/h5-33H,1-4H3. The van der Waals surface area contributed by atoms with Gasteiger partial charge in [0.05, 0.1) is 11.1 Å². The fraction of sp³-hybridized carbons (Fsp3) is 0.103. The SMILES string of the molecule is CC1(C)c2ccccc2-c2ccc(-c3c4oc5cccc(N(c6ccc7c(c6)C(C)(C)c6ccccc6-7)c6ccc7ccccc7c6)c5c4cc4oc5ccccc5c34)cc21. The number of para-hydroxylation sites is 1. The fourth-order valence-corrected chi connectivity index (χ4v) is 11.0. The van der Waals surface area contributed by atoms with Crippen LogP contribution in [0.3, 0.4) is 0 Å². The first kappa shape index (κ1) is 34.5. The summed E-state index contributed by atoms with van der Waals surface area (Å²) < 4.78 is 14.0. The molecule has 2 aliphatic carbocycles. The predicted octanol–water partition coefficient (Wildman–Crippen LogP) is 16.4. The lowest BCUT2D eigenvalue weighted by Crippen LogP contribution is -2.16. The number of benzene rings is 9. The number of anilines is 3. The molecule has 0 atom stereocenters. The Morgan fingerprint density at radius 3 is 1.79 bits per heavy atom. The molecule has 0 radical (unpaired) electrons. The van der Waals surface area contributed by atoms with E-state index in [1.54, 1.807) is 0 Å². The normalized spacial score (nSPS) is 14.5. The third-order valence-corrected chi connectivity index (χ3v) is 14.0. The molecule has 9 aromatic carbocycles. The lowest BCUT2D eigenvalue weighted by atomic mass is 9.81. The van der Waals surface area contributed by atoms with Gasteiger partial charge in [-0.25, -0.2) is 0 Å². The van der Waals surface area contributed by atoms with Gasteiger partial charge in [0.2, 0.25) is 0 Å². The van der Waals surface area contributed by atoms with E-state index < -0.39 is 0 Å². The summed E-state index contributed by atoms with van der Waals surface area (Å²) in [6.45, 7) is 9.40. The lowest BCUT2D eigenvalue weighted by Gasteiger charge is -2.29. The van der Waals surface area contributed by atoms with Gasteiger partial charge in [0, 0.05) is 43.9 Å². The molecule has 0 amide bonds. The average molecular weight is 784 g/mol. The zero-order valence-corrected chi connectivity index (χ0v) is 34.5. The van der Waals surface area contributed by atoms with Crippen LogP contribution < -0.4 is 4.90 Å². The van der Waals surface area contributed by atoms with E-state index in [-0.39, 0.29) is 10.8 Å². The van der Waals surface area contributed by atoms with Gasteiger partial charge in [-0.15, -0.1) is 0 Å². The number of fused-ring (bicyclic) bond motifs is 13. The highest BCUT2D eigenvalue weighted by molar-refractivity contribution is 6.25. The van der Waals surface area contributed by atoms with Crippen LogP contribution in [0.25, 0.3) is 88.0 Å². The Balaban J connectivity index is 1.10. The maximum absolute atomic E-state index is 7.21. The van der Waals surface area contributed by atoms with Crippen molar-refractivity contribution < 1.29 is 8.83 Å². The molecule has 2 aliphatic rings. The Hall–Kier alpha value is -7.36. The van der Waals surface area contributed by atoms with E-state index in [0.717, 1.165) is 72.1 Å². The van der Waals surface area contributed by atoms with Gasteiger partial charge in [0.1, 0.15) is 22.3 Å². The van der Waals surface area contributed by atoms with Crippen molar-refractivity contribution in [3.8, 4) is 33.4 Å². The van der Waals surface area contributed by atoms with Crippen LogP contribution in [0, 0.1) is 0 Å². The second-order valence-electron chi connectivity index (χ2n) is 18.1. The molecule has 13 rings (SSSR count). The zero-order valence-electron chi connectivity index (χ0n) is 34.5. The van der Waals surface area contributed by atoms with Crippen molar-refractivity contribution in [2.45, 2.75) is 38.5 Å². The van der Waals surface area contributed by atoms with E-state index in [1.807, 2.05) is 0 Å². The molecule has 2 heterocycles. The van der Waals surface area contributed by atoms with Crippen LogP contribution in [0.1, 0.15) is 49.9 Å². The molecule has 0 fully saturated rings. The van der Waals surface area contributed by atoms with Gasteiger partial charge >= 0.3 is 0 Å². The summed E-state index contributed by atoms with van der Waals surface area (Å²) in [6, 6.07) is 64.3. The number of hydrogen-bond donors (Lipinski definition) is 0. The molecule has 11 aromatic rings. The van der Waals surface area contributed by atoms with E-state index in [2.05, 4.69) is 209 Å². The van der Waals surface area contributed by atoms with Crippen LogP contribution in [0.15, 0.2) is 185 Å². The summed E-state index contributed by atoms with van der Waals surface area (Å²) in [5, 5.41) is 6.62. The van der Waals surface area contributed by atoms with Crippen molar-refractivity contribution in [2.75, 3.05) is 4.90 Å². The summed E-state index contributed by atoms with van der Waals surface area (Å²) in [4.78, 5) is 2.43. The fourth-order valence-electron chi connectivity index (χ4n) is 11.0. The minimum Gasteiger partial charge on any atom is -0.456 e. The van der Waals surface area contributed by atoms with Gasteiger partial charge in [-0.05, 0) is 115 Å². The van der Waals surface area contributed by atoms with Crippen LogP contribution in [0.4, 0.5) is 17.1 Å². The third kappa shape index (κ3) is 4.69. The van der Waals surface area contributed by atoms with Gasteiger partial charge in [-0.2, -0.15) is 0 Å². The molecular formula is C58H41NO2. The van der Waals surface area contributed by atoms with Crippen LogP contribution in [-0.2, 0) is 10.8 Å². The molecule has 0 saturated carbocycles. The highest BCUT2D eigenvalue weighted by Crippen LogP contribution is 2.54. The van der Waals surface area contributed by atoms with Crippen molar-refractivity contribution in [1.82, 2.24) is 0 Å². The van der Waals surface area contributed by atoms with Crippen molar-refractivity contribution in [3.05, 3.63) is 198 Å². The number of rotatable bonds is 4. The van der Waals surface area contributed by atoms with Gasteiger partial charge in [-0.1, -0.05) is 149 Å². The molecule has 0 saturated heterocycles. The first-order valence-electron chi connectivity index (χ1n) is 21.3. The Morgan fingerprint density at radius 2 is 1.00 bits per heavy atom. The average Bonchev–Trinajstić information content (AvgIpc) is 3.98. The number of nitrogens with zero attached hydrogens (tertiary/aromatic N) is 1. The molecule has 0 bridgehead atoms. The molecule has 0 spiro atoms. The van der Waals surface area contributed by atoms with E-state index in [0.29, 0.717) is 0 Å². The van der Waals surface area contributed by atoms with Crippen molar-refractivity contribution in [1.29, 1.82) is 0 Å². The summed E-state index contributed by atoms with van der Waals surface area (Å²) in [6.07, 6.45) is 0. The first-order chi connectivity index (χ1) is 29.8. The molecule has 0 unspecified atom stereocenters. The highest BCUT2D eigenvalue weighted by atomic mass is 16.3. The van der Waals surface area contributed by atoms with E-state index in [9.17, 15) is 0 Å².